The Morgan fingerprint density at radius 3 is 2.71 bits per heavy atom. The molecule has 1 amide bonds. The number of nitrogens with two attached hydrogens (primary N) is 1. The molecule has 4 N–H and O–H groups in total. The fourth-order valence-corrected chi connectivity index (χ4v) is 1.43. The normalized spacial score (nSPS) is 14.1. The minimum atomic E-state index is -0.463. The summed E-state index contributed by atoms with van der Waals surface area (Å²) in [6.07, 6.45) is 4.04. The number of carbonyl (C=O) groups is 1. The number of aliphatic hydroxyl groups excluding tert-OH is 1. The van der Waals surface area contributed by atoms with Gasteiger partial charge >= 0.3 is 0 Å². The van der Waals surface area contributed by atoms with E-state index in [0.29, 0.717) is 12.8 Å². The number of amides is 1. The molecule has 6 heteroatoms. The van der Waals surface area contributed by atoms with Crippen LogP contribution in [-0.2, 0) is 0 Å². The van der Waals surface area contributed by atoms with Crippen LogP contribution in [-0.4, -0.2) is 33.1 Å². The topological polar surface area (TPSA) is 101 Å². The number of aliphatic hydroxyl groups is 1. The number of hydrogen-bond acceptors (Lipinski definition) is 5. The van der Waals surface area contributed by atoms with Crippen molar-refractivity contribution < 1.29 is 9.90 Å². The molecule has 0 fully saturated rings. The van der Waals surface area contributed by atoms with Gasteiger partial charge in [0.05, 0.1) is 0 Å². The molecule has 0 aromatic carbocycles. The van der Waals surface area contributed by atoms with Gasteiger partial charge in [-0.1, -0.05) is 6.92 Å². The minimum absolute atomic E-state index is 0.0145. The van der Waals surface area contributed by atoms with Gasteiger partial charge in [0.25, 0.3) is 5.91 Å². The second-order valence-corrected chi connectivity index (χ2v) is 4.13. The van der Waals surface area contributed by atoms with Gasteiger partial charge in [-0.2, -0.15) is 0 Å². The molecule has 1 aromatic heterocycles. The Morgan fingerprint density at radius 1 is 1.53 bits per heavy atom. The Hall–Kier alpha value is -1.69. The lowest BCUT2D eigenvalue weighted by Crippen LogP contribution is -2.46. The highest BCUT2D eigenvalue weighted by Gasteiger charge is 2.25. The van der Waals surface area contributed by atoms with E-state index in [-0.39, 0.29) is 24.0 Å². The first-order valence-electron chi connectivity index (χ1n) is 5.52. The maximum atomic E-state index is 11.9. The van der Waals surface area contributed by atoms with Crippen molar-refractivity contribution >= 4 is 11.7 Å². The van der Waals surface area contributed by atoms with Gasteiger partial charge in [-0.25, -0.2) is 9.97 Å². The zero-order chi connectivity index (χ0) is 12.9. The van der Waals surface area contributed by atoms with Crippen LogP contribution in [0.5, 0.6) is 0 Å². The molecule has 0 bridgehead atoms. The quantitative estimate of drug-likeness (QED) is 0.686. The van der Waals surface area contributed by atoms with Crippen molar-refractivity contribution in [1.29, 1.82) is 0 Å². The summed E-state index contributed by atoms with van der Waals surface area (Å²) in [6, 6.07) is 0. The SMILES string of the molecule is CCC(C)(CCO)NC(=O)c1nccnc1N. The Bertz CT molecular complexity index is 397. The molecule has 0 aliphatic rings. The van der Waals surface area contributed by atoms with Gasteiger partial charge < -0.3 is 16.2 Å². The van der Waals surface area contributed by atoms with Crippen molar-refractivity contribution in [2.45, 2.75) is 32.2 Å². The van der Waals surface area contributed by atoms with E-state index in [1.165, 1.54) is 12.4 Å². The van der Waals surface area contributed by atoms with Crippen LogP contribution in [0.3, 0.4) is 0 Å². The Balaban J connectivity index is 2.82. The summed E-state index contributed by atoms with van der Waals surface area (Å²) in [5.74, 6) is -0.263. The van der Waals surface area contributed by atoms with E-state index in [9.17, 15) is 4.79 Å². The first-order valence-corrected chi connectivity index (χ1v) is 5.52. The zero-order valence-corrected chi connectivity index (χ0v) is 10.1. The van der Waals surface area contributed by atoms with Gasteiger partial charge in [-0.05, 0) is 19.8 Å². The number of carbonyl (C=O) groups excluding carboxylic acids is 1. The molecule has 1 rings (SSSR count). The van der Waals surface area contributed by atoms with Crippen molar-refractivity contribution in [2.24, 2.45) is 0 Å². The molecule has 0 aliphatic heterocycles. The molecule has 1 atom stereocenters. The highest BCUT2D eigenvalue weighted by molar-refractivity contribution is 5.96. The third kappa shape index (κ3) is 3.39. The van der Waals surface area contributed by atoms with Gasteiger partial charge in [0, 0.05) is 24.5 Å². The average Bonchev–Trinajstić information content (AvgIpc) is 2.29. The summed E-state index contributed by atoms with van der Waals surface area (Å²) < 4.78 is 0. The maximum absolute atomic E-state index is 11.9. The molecular formula is C11H18N4O2. The monoisotopic (exact) mass is 238 g/mol. The average molecular weight is 238 g/mol. The standard InChI is InChI=1S/C11H18N4O2/c1-3-11(2,4-7-16)15-10(17)8-9(12)14-6-5-13-8/h5-6,16H,3-4,7H2,1-2H3,(H2,12,14)(H,15,17). The van der Waals surface area contributed by atoms with E-state index in [2.05, 4.69) is 15.3 Å². The summed E-state index contributed by atoms with van der Waals surface area (Å²) in [5.41, 5.74) is 5.23. The van der Waals surface area contributed by atoms with E-state index in [1.54, 1.807) is 0 Å². The molecule has 94 valence electrons. The molecule has 17 heavy (non-hydrogen) atoms. The van der Waals surface area contributed by atoms with Crippen LogP contribution in [0, 0.1) is 0 Å². The molecule has 1 heterocycles. The van der Waals surface area contributed by atoms with Gasteiger partial charge in [0.2, 0.25) is 0 Å². The van der Waals surface area contributed by atoms with Crippen LogP contribution < -0.4 is 11.1 Å². The molecule has 1 aromatic rings. The lowest BCUT2D eigenvalue weighted by Gasteiger charge is -2.28. The molecule has 1 unspecified atom stereocenters. The van der Waals surface area contributed by atoms with Crippen LogP contribution in [0.25, 0.3) is 0 Å². The van der Waals surface area contributed by atoms with E-state index < -0.39 is 5.54 Å². The second-order valence-electron chi connectivity index (χ2n) is 4.13. The van der Waals surface area contributed by atoms with Crippen molar-refractivity contribution in [1.82, 2.24) is 15.3 Å². The molecule has 0 saturated carbocycles. The second kappa shape index (κ2) is 5.58. The Labute approximate surface area is 100 Å². The maximum Gasteiger partial charge on any atom is 0.274 e. The van der Waals surface area contributed by atoms with Crippen LogP contribution in [0.4, 0.5) is 5.82 Å². The predicted octanol–water partition coefficient (Wildman–Crippen LogP) is 0.340. The largest absolute Gasteiger partial charge is 0.396 e. The third-order valence-electron chi connectivity index (χ3n) is 2.80. The van der Waals surface area contributed by atoms with E-state index >= 15 is 0 Å². The number of nitrogens with zero attached hydrogens (tertiary/aromatic N) is 2. The fourth-order valence-electron chi connectivity index (χ4n) is 1.43. The van der Waals surface area contributed by atoms with Gasteiger partial charge in [-0.15, -0.1) is 0 Å². The number of anilines is 1. The Kier molecular flexibility index (Phi) is 4.39. The van der Waals surface area contributed by atoms with Crippen LogP contribution in [0.15, 0.2) is 12.4 Å². The van der Waals surface area contributed by atoms with Crippen LogP contribution in [0.1, 0.15) is 37.2 Å². The van der Waals surface area contributed by atoms with Crippen LogP contribution in [0.2, 0.25) is 0 Å². The summed E-state index contributed by atoms with van der Waals surface area (Å²) in [4.78, 5) is 19.6. The van der Waals surface area contributed by atoms with E-state index in [1.807, 2.05) is 13.8 Å². The highest BCUT2D eigenvalue weighted by atomic mass is 16.3. The first kappa shape index (κ1) is 13.4. The van der Waals surface area contributed by atoms with Crippen LogP contribution >= 0.6 is 0 Å². The molecule has 0 spiro atoms. The Morgan fingerprint density at radius 2 is 2.18 bits per heavy atom. The lowest BCUT2D eigenvalue weighted by molar-refractivity contribution is 0.0881. The number of hydrogen-bond donors (Lipinski definition) is 3. The molecule has 6 nitrogen and oxygen atoms in total. The fraction of sp³-hybridized carbons (Fsp3) is 0.545. The highest BCUT2D eigenvalue weighted by Crippen LogP contribution is 2.15. The zero-order valence-electron chi connectivity index (χ0n) is 10.1. The van der Waals surface area contributed by atoms with Crippen molar-refractivity contribution in [3.05, 3.63) is 18.1 Å². The van der Waals surface area contributed by atoms with E-state index in [0.717, 1.165) is 0 Å². The number of aromatic nitrogens is 2. The van der Waals surface area contributed by atoms with E-state index in [4.69, 9.17) is 10.8 Å². The summed E-state index contributed by atoms with van der Waals surface area (Å²) in [6.45, 7) is 3.82. The van der Waals surface area contributed by atoms with Gasteiger partial charge in [0.1, 0.15) is 0 Å². The third-order valence-corrected chi connectivity index (χ3v) is 2.80. The molecular weight excluding hydrogens is 220 g/mol. The predicted molar refractivity (Wildman–Crippen MR) is 64.3 cm³/mol. The molecule has 0 radical (unpaired) electrons. The van der Waals surface area contributed by atoms with Gasteiger partial charge in [0.15, 0.2) is 11.5 Å². The van der Waals surface area contributed by atoms with Gasteiger partial charge in [-0.3, -0.25) is 4.79 Å². The lowest BCUT2D eigenvalue weighted by atomic mass is 9.94. The van der Waals surface area contributed by atoms with Crippen molar-refractivity contribution in [2.75, 3.05) is 12.3 Å². The summed E-state index contributed by atoms with van der Waals surface area (Å²) >= 11 is 0. The number of nitrogen functional groups attached to an aromatic ring is 1. The molecule has 0 saturated heterocycles. The van der Waals surface area contributed by atoms with Crippen molar-refractivity contribution in [3.63, 3.8) is 0 Å². The minimum Gasteiger partial charge on any atom is -0.396 e. The number of nitrogens with one attached hydrogen (secondary N) is 1. The smallest absolute Gasteiger partial charge is 0.274 e. The summed E-state index contributed by atoms with van der Waals surface area (Å²) in [5, 5.41) is 11.8. The molecule has 0 aliphatic carbocycles. The van der Waals surface area contributed by atoms with Crippen molar-refractivity contribution in [3.8, 4) is 0 Å². The first-order chi connectivity index (χ1) is 8.02. The summed E-state index contributed by atoms with van der Waals surface area (Å²) in [7, 11) is 0. The number of rotatable bonds is 5.